The highest BCUT2D eigenvalue weighted by molar-refractivity contribution is 6.04. The van der Waals surface area contributed by atoms with E-state index in [1.807, 2.05) is 18.9 Å². The lowest BCUT2D eigenvalue weighted by atomic mass is 9.96. The van der Waals surface area contributed by atoms with E-state index in [9.17, 15) is 22.8 Å². The minimum absolute atomic E-state index is 0.125. The molecule has 8 nitrogen and oxygen atoms in total. The van der Waals surface area contributed by atoms with Crippen LogP contribution in [-0.2, 0) is 19.8 Å². The molecule has 1 amide bonds. The minimum atomic E-state index is -4.56. The van der Waals surface area contributed by atoms with E-state index in [0.717, 1.165) is 36.5 Å². The first-order valence-corrected chi connectivity index (χ1v) is 13.3. The second kappa shape index (κ2) is 10.8. The molecule has 2 N–H and O–H groups in total. The number of amides is 1. The topological polar surface area (TPSA) is 91.6 Å². The molecule has 5 rings (SSSR count). The fourth-order valence-electron chi connectivity index (χ4n) is 5.14. The zero-order valence-electron chi connectivity index (χ0n) is 22.6. The van der Waals surface area contributed by atoms with Crippen LogP contribution in [0.5, 0.6) is 0 Å². The van der Waals surface area contributed by atoms with Crippen molar-refractivity contribution in [2.75, 3.05) is 17.7 Å². The molecule has 40 heavy (non-hydrogen) atoms. The number of hydrogen-bond acceptors (Lipinski definition) is 4. The van der Waals surface area contributed by atoms with Gasteiger partial charge in [0.15, 0.2) is 5.96 Å². The molecule has 1 aromatic heterocycles. The van der Waals surface area contributed by atoms with E-state index in [-0.39, 0.29) is 22.9 Å². The second-order valence-electron chi connectivity index (χ2n) is 10.4. The third-order valence-electron chi connectivity index (χ3n) is 7.42. The van der Waals surface area contributed by atoms with E-state index in [1.165, 1.54) is 36.0 Å². The van der Waals surface area contributed by atoms with Gasteiger partial charge in [-0.05, 0) is 55.7 Å². The molecule has 1 aliphatic heterocycles. The number of aliphatic imine (C=N–C) groups is 1. The number of benzene rings is 2. The maximum atomic E-state index is 13.5. The van der Waals surface area contributed by atoms with Gasteiger partial charge < -0.3 is 15.5 Å². The van der Waals surface area contributed by atoms with Crippen LogP contribution >= 0.6 is 0 Å². The van der Waals surface area contributed by atoms with E-state index in [1.54, 1.807) is 25.2 Å². The summed E-state index contributed by atoms with van der Waals surface area (Å²) in [6.45, 7) is 2.29. The molecule has 0 spiro atoms. The monoisotopic (exact) mass is 552 g/mol. The summed E-state index contributed by atoms with van der Waals surface area (Å²) in [6.07, 6.45) is 1.14. The minimum Gasteiger partial charge on any atom is -0.340 e. The lowest BCUT2D eigenvalue weighted by Gasteiger charge is -2.31. The number of carbonyl (C=O) groups is 1. The Bertz CT molecular complexity index is 1540. The number of nitrogens with zero attached hydrogens (tertiary/aromatic N) is 4. The van der Waals surface area contributed by atoms with E-state index in [2.05, 4.69) is 10.6 Å². The van der Waals surface area contributed by atoms with Crippen LogP contribution in [0.25, 0.3) is 11.3 Å². The molecular weight excluding hydrogens is 521 g/mol. The second-order valence-corrected chi connectivity index (χ2v) is 10.4. The molecule has 0 saturated heterocycles. The first kappa shape index (κ1) is 27.4. The smallest absolute Gasteiger partial charge is 0.340 e. The maximum Gasteiger partial charge on any atom is 0.416 e. The molecule has 2 aliphatic rings. The number of rotatable bonds is 4. The number of guanidine groups is 1. The SMILES string of the molecule is Cc1ccc(NC(=O)c2cccc(C(F)(F)F)c2)cc1-c1nc2c(n(C)c1=O)NC(=NC1CCCCC1)N(C)C2. The molecule has 210 valence electrons. The summed E-state index contributed by atoms with van der Waals surface area (Å²) in [6, 6.07) is 9.47. The number of carbonyl (C=O) groups excluding carboxylic acids is 1. The van der Waals surface area contributed by atoms with E-state index in [0.29, 0.717) is 29.3 Å². The quantitative estimate of drug-likeness (QED) is 0.442. The Hall–Kier alpha value is -4.15. The summed E-state index contributed by atoms with van der Waals surface area (Å²) in [5.74, 6) is 0.621. The number of nitrogens with one attached hydrogen (secondary N) is 2. The third kappa shape index (κ3) is 5.59. The van der Waals surface area contributed by atoms with Crippen LogP contribution in [0.3, 0.4) is 0 Å². The number of hydrogen-bond donors (Lipinski definition) is 2. The largest absolute Gasteiger partial charge is 0.416 e. The highest BCUT2D eigenvalue weighted by Gasteiger charge is 2.31. The van der Waals surface area contributed by atoms with Crippen LogP contribution in [0.1, 0.15) is 59.3 Å². The molecular formula is C29H31F3N6O2. The van der Waals surface area contributed by atoms with E-state index < -0.39 is 17.6 Å². The van der Waals surface area contributed by atoms with Crippen LogP contribution in [0.4, 0.5) is 24.7 Å². The first-order valence-electron chi connectivity index (χ1n) is 13.3. The van der Waals surface area contributed by atoms with Gasteiger partial charge in [0.2, 0.25) is 0 Å². The number of fused-ring (bicyclic) bond motifs is 1. The molecule has 11 heteroatoms. The van der Waals surface area contributed by atoms with Crippen LogP contribution in [0.2, 0.25) is 0 Å². The molecule has 2 aromatic carbocycles. The Labute approximate surface area is 230 Å². The average molecular weight is 553 g/mol. The summed E-state index contributed by atoms with van der Waals surface area (Å²) < 4.78 is 40.8. The van der Waals surface area contributed by atoms with Crippen molar-refractivity contribution < 1.29 is 18.0 Å². The number of anilines is 2. The van der Waals surface area contributed by atoms with Crippen molar-refractivity contribution in [3.05, 3.63) is 75.2 Å². The molecule has 0 unspecified atom stereocenters. The average Bonchev–Trinajstić information content (AvgIpc) is 2.93. The van der Waals surface area contributed by atoms with Crippen molar-refractivity contribution in [2.24, 2.45) is 12.0 Å². The molecule has 2 heterocycles. The molecule has 1 fully saturated rings. The maximum absolute atomic E-state index is 13.5. The van der Waals surface area contributed by atoms with Gasteiger partial charge in [0.25, 0.3) is 11.5 Å². The van der Waals surface area contributed by atoms with Gasteiger partial charge >= 0.3 is 6.18 Å². The molecule has 0 bridgehead atoms. The lowest BCUT2D eigenvalue weighted by molar-refractivity contribution is -0.137. The van der Waals surface area contributed by atoms with Gasteiger partial charge in [-0.1, -0.05) is 31.4 Å². The Morgan fingerprint density at radius 2 is 1.85 bits per heavy atom. The van der Waals surface area contributed by atoms with E-state index in [4.69, 9.17) is 9.98 Å². The zero-order chi connectivity index (χ0) is 28.6. The van der Waals surface area contributed by atoms with Crippen molar-refractivity contribution in [3.8, 4) is 11.3 Å². The van der Waals surface area contributed by atoms with Crippen molar-refractivity contribution in [1.29, 1.82) is 0 Å². The predicted molar refractivity (Wildman–Crippen MR) is 148 cm³/mol. The summed E-state index contributed by atoms with van der Waals surface area (Å²) in [5.41, 5.74) is 1.17. The van der Waals surface area contributed by atoms with Crippen molar-refractivity contribution >= 4 is 23.4 Å². The molecule has 0 atom stereocenters. The normalized spacial score (nSPS) is 16.9. The molecule has 0 radical (unpaired) electrons. The summed E-state index contributed by atoms with van der Waals surface area (Å²) in [4.78, 5) is 37.8. The van der Waals surface area contributed by atoms with Crippen LogP contribution in [-0.4, -0.2) is 39.4 Å². The highest BCUT2D eigenvalue weighted by atomic mass is 19.4. The standard InChI is InChI=1S/C29H31F3N6O2/c1-17-12-13-21(33-26(39)18-8-7-9-19(14-18)29(30,31)32)15-22(17)24-27(40)38(3)25-23(35-24)16-37(2)28(36-25)34-20-10-5-4-6-11-20/h7-9,12-15,20H,4-6,10-11,16H2,1-3H3,(H,33,39)(H,34,36). The van der Waals surface area contributed by atoms with Crippen molar-refractivity contribution in [3.63, 3.8) is 0 Å². The fraction of sp³-hybridized carbons (Fsp3) is 0.379. The highest BCUT2D eigenvalue weighted by Crippen LogP contribution is 2.31. The van der Waals surface area contributed by atoms with Crippen LogP contribution in [0, 0.1) is 6.92 Å². The van der Waals surface area contributed by atoms with E-state index >= 15 is 0 Å². The van der Waals surface area contributed by atoms with Gasteiger partial charge in [-0.25, -0.2) is 9.98 Å². The van der Waals surface area contributed by atoms with Crippen LogP contribution in [0.15, 0.2) is 52.3 Å². The van der Waals surface area contributed by atoms with Gasteiger partial charge in [0, 0.05) is 30.9 Å². The van der Waals surface area contributed by atoms with Gasteiger partial charge in [-0.2, -0.15) is 13.2 Å². The molecule has 3 aromatic rings. The number of halogens is 3. The summed E-state index contributed by atoms with van der Waals surface area (Å²) in [5, 5.41) is 5.95. The van der Waals surface area contributed by atoms with Crippen LogP contribution < -0.4 is 16.2 Å². The molecule has 1 aliphatic carbocycles. The van der Waals surface area contributed by atoms with Gasteiger partial charge in [-0.3, -0.25) is 14.2 Å². The Morgan fingerprint density at radius 3 is 2.58 bits per heavy atom. The number of aryl methyl sites for hydroxylation is 1. The van der Waals surface area contributed by atoms with Gasteiger partial charge in [-0.15, -0.1) is 0 Å². The zero-order valence-corrected chi connectivity index (χ0v) is 22.6. The first-order chi connectivity index (χ1) is 19.0. The Balaban J connectivity index is 1.44. The van der Waals surface area contributed by atoms with Gasteiger partial charge in [0.05, 0.1) is 18.2 Å². The predicted octanol–water partition coefficient (Wildman–Crippen LogP) is 5.57. The third-order valence-corrected chi connectivity index (χ3v) is 7.42. The summed E-state index contributed by atoms with van der Waals surface area (Å²) >= 11 is 0. The van der Waals surface area contributed by atoms with Gasteiger partial charge in [0.1, 0.15) is 17.2 Å². The van der Waals surface area contributed by atoms with Crippen molar-refractivity contribution in [1.82, 2.24) is 14.5 Å². The summed E-state index contributed by atoms with van der Waals surface area (Å²) in [7, 11) is 3.61. The number of aromatic nitrogens is 2. The lowest BCUT2D eigenvalue weighted by Crippen LogP contribution is -2.42. The van der Waals surface area contributed by atoms with Crippen molar-refractivity contribution in [2.45, 2.75) is 57.8 Å². The fourth-order valence-corrected chi connectivity index (χ4v) is 5.14. The Morgan fingerprint density at radius 1 is 1.10 bits per heavy atom. The Kier molecular flexibility index (Phi) is 7.39. The molecule has 1 saturated carbocycles. The number of alkyl halides is 3.